The van der Waals surface area contributed by atoms with Crippen LogP contribution in [0.3, 0.4) is 0 Å². The van der Waals surface area contributed by atoms with Gasteiger partial charge in [-0.15, -0.1) is 0 Å². The number of benzene rings is 1. The van der Waals surface area contributed by atoms with Gasteiger partial charge in [-0.3, -0.25) is 4.79 Å². The summed E-state index contributed by atoms with van der Waals surface area (Å²) in [6.07, 6.45) is -5.45. The van der Waals surface area contributed by atoms with Crippen LogP contribution in [0.5, 0.6) is 11.5 Å². The van der Waals surface area contributed by atoms with E-state index in [1.165, 1.54) is 33.1 Å². The predicted octanol–water partition coefficient (Wildman–Crippen LogP) is 6.23. The summed E-state index contributed by atoms with van der Waals surface area (Å²) in [5, 5.41) is 76.5. The fourth-order valence-corrected chi connectivity index (χ4v) is 9.16. The lowest BCUT2D eigenvalue weighted by Crippen LogP contribution is -2.64. The normalized spacial score (nSPS) is 34.8. The van der Waals surface area contributed by atoms with Gasteiger partial charge in [0.1, 0.15) is 46.7 Å². The molecule has 3 aliphatic rings. The maximum absolute atomic E-state index is 13.9. The van der Waals surface area contributed by atoms with Crippen LogP contribution in [0.25, 0.3) is 0 Å². The van der Waals surface area contributed by atoms with Gasteiger partial charge in [0, 0.05) is 19.4 Å². The summed E-state index contributed by atoms with van der Waals surface area (Å²) in [6, 6.07) is 0. The molecule has 3 heterocycles. The lowest BCUT2D eigenvalue weighted by molar-refractivity contribution is -0.333. The van der Waals surface area contributed by atoms with Gasteiger partial charge < -0.3 is 73.6 Å². The summed E-state index contributed by atoms with van der Waals surface area (Å²) in [4.78, 5) is 40.0. The second-order valence-electron chi connectivity index (χ2n) is 19.4. The molecule has 2 fully saturated rings. The van der Waals surface area contributed by atoms with Crippen molar-refractivity contribution in [3.05, 3.63) is 79.9 Å². The maximum Gasteiger partial charge on any atom is 0.342 e. The Labute approximate surface area is 431 Å². The number of methoxy groups -OCH3 is 1. The van der Waals surface area contributed by atoms with Crippen LogP contribution < -0.4 is 0 Å². The van der Waals surface area contributed by atoms with Crippen molar-refractivity contribution in [2.45, 2.75) is 187 Å². The molecule has 0 spiro atoms. The molecule has 7 N–H and O–H groups in total. The fraction of sp³-hybridized carbons (Fsp3) is 0.635. The van der Waals surface area contributed by atoms with Crippen molar-refractivity contribution in [2.75, 3.05) is 13.7 Å². The highest BCUT2D eigenvalue weighted by atomic mass is 35.5. The third-order valence-corrected chi connectivity index (χ3v) is 13.8. The number of allylic oxidation sites excluding steroid dienone is 4. The van der Waals surface area contributed by atoms with E-state index in [4.69, 9.17) is 61.1 Å². The number of aromatic hydroxyl groups is 2. The van der Waals surface area contributed by atoms with E-state index in [1.807, 2.05) is 32.9 Å². The summed E-state index contributed by atoms with van der Waals surface area (Å²) in [5.41, 5.74) is 0.318. The van der Waals surface area contributed by atoms with Gasteiger partial charge in [0.15, 0.2) is 36.3 Å². The zero-order valence-electron chi connectivity index (χ0n) is 43.0. The van der Waals surface area contributed by atoms with Gasteiger partial charge in [-0.2, -0.15) is 0 Å². The summed E-state index contributed by atoms with van der Waals surface area (Å²) in [7, 11) is 1.26. The SMILES string of the molecule is CCc1c(Cl)c(O)c(Cl)c(O)c1C(=O)O[C@H]1[C@H](O)[C@H](OC)[C@H](OC/C2=C\C=C\C[C@H](O)/C(C)=C/[C@H](CC)[C@@H](O[C@H]3OC(C)(C)[C@H](OC(=O)C(C)C)[C@@H](O)[C@H]3O)/C(C)=C/C(C)=C/C[C@@H]([C@@H](C)O)OC2=O)O[C@@H]1C. The minimum absolute atomic E-state index is 0.0372. The van der Waals surface area contributed by atoms with Crippen molar-refractivity contribution in [1.82, 2.24) is 0 Å². The molecule has 404 valence electrons. The van der Waals surface area contributed by atoms with Crippen molar-refractivity contribution in [2.24, 2.45) is 11.8 Å². The predicted molar refractivity (Wildman–Crippen MR) is 265 cm³/mol. The number of cyclic esters (lactones) is 1. The van der Waals surface area contributed by atoms with Crippen molar-refractivity contribution in [3.8, 4) is 11.5 Å². The molecule has 0 aromatic heterocycles. The molecule has 18 nitrogen and oxygen atoms in total. The van der Waals surface area contributed by atoms with Gasteiger partial charge in [-0.05, 0) is 90.5 Å². The number of halogens is 2. The number of phenolic OH excluding ortho intramolecular Hbond substituents is 2. The molecule has 0 radical (unpaired) electrons. The number of esters is 3. The molecule has 0 bridgehead atoms. The van der Waals surface area contributed by atoms with Crippen LogP contribution in [0.15, 0.2) is 58.7 Å². The molecule has 20 heteroatoms. The minimum Gasteiger partial charge on any atom is -0.505 e. The quantitative estimate of drug-likeness (QED) is 0.0655. The smallest absolute Gasteiger partial charge is 0.342 e. The molecular formula is C52H74Cl2O18. The van der Waals surface area contributed by atoms with E-state index < -0.39 is 144 Å². The number of hydrogen-bond acceptors (Lipinski definition) is 18. The Hall–Kier alpha value is -3.89. The average Bonchev–Trinajstić information content (AvgIpc) is 3.32. The Morgan fingerprint density at radius 2 is 1.57 bits per heavy atom. The molecule has 0 amide bonds. The van der Waals surface area contributed by atoms with Crippen LogP contribution >= 0.6 is 23.2 Å². The maximum atomic E-state index is 13.9. The number of carbonyl (C=O) groups excluding carboxylic acids is 3. The van der Waals surface area contributed by atoms with Crippen molar-refractivity contribution in [1.29, 1.82) is 0 Å². The monoisotopic (exact) mass is 1060 g/mol. The van der Waals surface area contributed by atoms with Crippen LogP contribution in [-0.4, -0.2) is 153 Å². The van der Waals surface area contributed by atoms with Crippen molar-refractivity contribution in [3.63, 3.8) is 0 Å². The van der Waals surface area contributed by atoms with Gasteiger partial charge in [0.2, 0.25) is 0 Å². The average molecular weight is 1060 g/mol. The first kappa shape index (κ1) is 60.7. The standard InChI is InChI=1S/C52H74Cl2O18/c1-13-30-22-26(6)33(56)18-16-15-17-31(23-66-51-45(65-12)42(61)44(29(9)67-51)69-49(64)35-32(14-2)36(53)39(58)37(54)38(35)57)48(63)68-34(28(8)55)20-19-25(5)21-27(7)43(30)70-50-41(60)40(59)46(52(10,11)72-50)71-47(62)24(3)4/h15-17,19,21-22,24,28-30,33-34,40-46,50-51,55-61H,13-14,18,20,23H2,1-12H3/b16-15+,25-19+,26-22+,27-21+,31-17+/t28-,29-,30+,33+,34+,40+,41-,42+,43+,44-,45+,46-,50+,51-/m1/s1. The second-order valence-corrected chi connectivity index (χ2v) is 20.1. The van der Waals surface area contributed by atoms with E-state index in [0.29, 0.717) is 23.1 Å². The van der Waals surface area contributed by atoms with Gasteiger partial charge in [-0.1, -0.05) is 86.9 Å². The van der Waals surface area contributed by atoms with Crippen molar-refractivity contribution >= 4 is 41.1 Å². The highest BCUT2D eigenvalue weighted by Gasteiger charge is 2.53. The Balaban J connectivity index is 1.61. The summed E-state index contributed by atoms with van der Waals surface area (Å²) in [5.74, 6) is -4.78. The van der Waals surface area contributed by atoms with E-state index in [2.05, 4.69) is 0 Å². The largest absolute Gasteiger partial charge is 0.505 e. The van der Waals surface area contributed by atoms with Crippen molar-refractivity contribution < 1.29 is 88.0 Å². The summed E-state index contributed by atoms with van der Waals surface area (Å²) >= 11 is 12.3. The number of carbonyl (C=O) groups is 3. The van der Waals surface area contributed by atoms with E-state index in [-0.39, 0.29) is 35.4 Å². The Kier molecular flexibility index (Phi) is 22.4. The van der Waals surface area contributed by atoms with Gasteiger partial charge in [-0.25, -0.2) is 9.59 Å². The number of hydrogen-bond donors (Lipinski definition) is 7. The van der Waals surface area contributed by atoms with E-state index >= 15 is 0 Å². The van der Waals surface area contributed by atoms with Gasteiger partial charge >= 0.3 is 17.9 Å². The number of ether oxygens (including phenoxy) is 8. The Morgan fingerprint density at radius 1 is 0.903 bits per heavy atom. The van der Waals surface area contributed by atoms with Crippen LogP contribution in [0, 0.1) is 11.8 Å². The Bertz CT molecular complexity index is 2220. The Morgan fingerprint density at radius 3 is 2.17 bits per heavy atom. The second kappa shape index (κ2) is 26.5. The van der Waals surface area contributed by atoms with Crippen LogP contribution in [0.1, 0.15) is 111 Å². The van der Waals surface area contributed by atoms with E-state index in [0.717, 1.165) is 0 Å². The fourth-order valence-electron chi connectivity index (χ4n) is 8.60. The molecule has 1 aromatic carbocycles. The molecule has 2 saturated heterocycles. The van der Waals surface area contributed by atoms with Gasteiger partial charge in [0.05, 0.1) is 47.5 Å². The number of aliphatic hydroxyl groups is 5. The zero-order valence-corrected chi connectivity index (χ0v) is 44.5. The van der Waals surface area contributed by atoms with Gasteiger partial charge in [0.25, 0.3) is 0 Å². The third kappa shape index (κ3) is 14.7. The lowest BCUT2D eigenvalue weighted by Gasteiger charge is -2.47. The highest BCUT2D eigenvalue weighted by Crippen LogP contribution is 2.45. The summed E-state index contributed by atoms with van der Waals surface area (Å²) in [6.45, 7) is 18.1. The number of aliphatic hydroxyl groups excluding tert-OH is 5. The van der Waals surface area contributed by atoms with Crippen LogP contribution in [-0.2, 0) is 53.9 Å². The van der Waals surface area contributed by atoms with E-state index in [9.17, 15) is 50.1 Å². The first-order valence-corrected chi connectivity index (χ1v) is 24.9. The first-order valence-electron chi connectivity index (χ1n) is 24.2. The number of rotatable bonds is 13. The van der Waals surface area contributed by atoms with E-state index in [1.54, 1.807) is 53.7 Å². The first-order chi connectivity index (χ1) is 33.7. The molecule has 3 aliphatic heterocycles. The summed E-state index contributed by atoms with van der Waals surface area (Å²) < 4.78 is 47.5. The molecular weight excluding hydrogens is 983 g/mol. The molecule has 0 aliphatic carbocycles. The van der Waals surface area contributed by atoms with Crippen LogP contribution in [0.2, 0.25) is 10.0 Å². The molecule has 0 saturated carbocycles. The minimum atomic E-state index is -1.61. The molecule has 14 atom stereocenters. The number of phenols is 2. The molecule has 1 aromatic rings. The molecule has 4 rings (SSSR count). The highest BCUT2D eigenvalue weighted by molar-refractivity contribution is 6.39. The van der Waals surface area contributed by atoms with Crippen LogP contribution in [0.4, 0.5) is 0 Å². The molecule has 0 unspecified atom stereocenters. The topological polar surface area (TPSA) is 267 Å². The molecule has 72 heavy (non-hydrogen) atoms. The zero-order chi connectivity index (χ0) is 54.1. The lowest BCUT2D eigenvalue weighted by atomic mass is 9.88. The third-order valence-electron chi connectivity index (χ3n) is 13.0.